The van der Waals surface area contributed by atoms with Crippen LogP contribution in [0.25, 0.3) is 23.1 Å². The molecule has 0 bridgehead atoms. The summed E-state index contributed by atoms with van der Waals surface area (Å²) in [5.41, 5.74) is 0.0671. The monoisotopic (exact) mass is 265 g/mol. The Morgan fingerprint density at radius 3 is 2.94 bits per heavy atom. The van der Waals surface area contributed by atoms with Gasteiger partial charge >= 0.3 is 0 Å². The zero-order valence-electron chi connectivity index (χ0n) is 8.76. The third kappa shape index (κ3) is 1.74. The van der Waals surface area contributed by atoms with Gasteiger partial charge in [-0.3, -0.25) is 5.10 Å². The largest absolute Gasteiger partial charge is 0.333 e. The van der Waals surface area contributed by atoms with Crippen molar-refractivity contribution in [3.8, 4) is 23.1 Å². The van der Waals surface area contributed by atoms with Crippen molar-refractivity contribution in [2.45, 2.75) is 0 Å². The van der Waals surface area contributed by atoms with Gasteiger partial charge in [0.1, 0.15) is 12.1 Å². The lowest BCUT2D eigenvalue weighted by Crippen LogP contribution is -1.87. The summed E-state index contributed by atoms with van der Waals surface area (Å²) in [5.74, 6) is -0.0287. The van der Waals surface area contributed by atoms with Gasteiger partial charge in [0.15, 0.2) is 5.82 Å². The highest BCUT2D eigenvalue weighted by molar-refractivity contribution is 6.33. The minimum absolute atomic E-state index is 0.00972. The first-order valence-electron chi connectivity index (χ1n) is 4.89. The molecule has 0 aliphatic carbocycles. The first-order valence-corrected chi connectivity index (χ1v) is 5.27. The highest BCUT2D eigenvalue weighted by Gasteiger charge is 2.18. The molecule has 6 nitrogen and oxygen atoms in total. The molecule has 0 aliphatic heterocycles. The van der Waals surface area contributed by atoms with E-state index >= 15 is 0 Å². The van der Waals surface area contributed by atoms with Gasteiger partial charge in [0.25, 0.3) is 5.89 Å². The van der Waals surface area contributed by atoms with Crippen molar-refractivity contribution in [1.29, 1.82) is 0 Å². The molecule has 0 atom stereocenters. The Kier molecular flexibility index (Phi) is 2.52. The van der Waals surface area contributed by atoms with Gasteiger partial charge in [-0.15, -0.1) is 0 Å². The van der Waals surface area contributed by atoms with Crippen LogP contribution in [-0.4, -0.2) is 25.3 Å². The number of hydrogen-bond donors (Lipinski definition) is 1. The van der Waals surface area contributed by atoms with Crippen LogP contribution in [0.4, 0.5) is 4.39 Å². The average molecular weight is 266 g/mol. The van der Waals surface area contributed by atoms with Gasteiger partial charge in [0, 0.05) is 0 Å². The van der Waals surface area contributed by atoms with Crippen LogP contribution in [0.2, 0.25) is 5.02 Å². The summed E-state index contributed by atoms with van der Waals surface area (Å²) < 4.78 is 18.6. The smallest absolute Gasteiger partial charge is 0.262 e. The third-order valence-electron chi connectivity index (χ3n) is 2.23. The topological polar surface area (TPSA) is 80.5 Å². The van der Waals surface area contributed by atoms with E-state index in [2.05, 4.69) is 25.3 Å². The Bertz CT molecular complexity index is 661. The summed E-state index contributed by atoms with van der Waals surface area (Å²) in [6.45, 7) is 0. The predicted molar refractivity (Wildman–Crippen MR) is 60.1 cm³/mol. The van der Waals surface area contributed by atoms with Crippen LogP contribution in [0, 0.1) is 5.82 Å². The molecule has 1 aromatic carbocycles. The zero-order valence-corrected chi connectivity index (χ0v) is 9.52. The molecule has 0 unspecified atom stereocenters. The van der Waals surface area contributed by atoms with Crippen LogP contribution in [0.5, 0.6) is 0 Å². The van der Waals surface area contributed by atoms with Gasteiger partial charge in [-0.2, -0.15) is 10.1 Å². The maximum atomic E-state index is 13.6. The molecule has 18 heavy (non-hydrogen) atoms. The van der Waals surface area contributed by atoms with Crippen molar-refractivity contribution >= 4 is 11.6 Å². The SMILES string of the molecule is Fc1cccc(Cl)c1-c1nc(-c2ncn[nH]2)no1. The quantitative estimate of drug-likeness (QED) is 0.769. The fourth-order valence-corrected chi connectivity index (χ4v) is 1.68. The van der Waals surface area contributed by atoms with E-state index in [0.29, 0.717) is 5.82 Å². The maximum Gasteiger partial charge on any atom is 0.262 e. The van der Waals surface area contributed by atoms with Crippen molar-refractivity contribution < 1.29 is 8.91 Å². The van der Waals surface area contributed by atoms with Gasteiger partial charge in [-0.1, -0.05) is 22.8 Å². The fourth-order valence-electron chi connectivity index (χ4n) is 1.44. The first-order chi connectivity index (χ1) is 8.75. The van der Waals surface area contributed by atoms with E-state index in [1.807, 2.05) is 0 Å². The molecule has 0 radical (unpaired) electrons. The van der Waals surface area contributed by atoms with E-state index in [0.717, 1.165) is 0 Å². The summed E-state index contributed by atoms with van der Waals surface area (Å²) in [6.07, 6.45) is 1.31. The van der Waals surface area contributed by atoms with Crippen LogP contribution in [-0.2, 0) is 0 Å². The highest BCUT2D eigenvalue weighted by Crippen LogP contribution is 2.29. The van der Waals surface area contributed by atoms with Crippen LogP contribution >= 0.6 is 11.6 Å². The molecule has 2 aromatic heterocycles. The number of benzene rings is 1. The Morgan fingerprint density at radius 2 is 2.22 bits per heavy atom. The lowest BCUT2D eigenvalue weighted by atomic mass is 10.2. The number of H-pyrrole nitrogens is 1. The van der Waals surface area contributed by atoms with Crippen LogP contribution in [0.3, 0.4) is 0 Å². The Balaban J connectivity index is 2.09. The molecular weight excluding hydrogens is 261 g/mol. The highest BCUT2D eigenvalue weighted by atomic mass is 35.5. The molecule has 0 spiro atoms. The number of nitrogens with one attached hydrogen (secondary N) is 1. The Labute approximate surface area is 105 Å². The number of halogens is 2. The molecule has 1 N–H and O–H groups in total. The van der Waals surface area contributed by atoms with Gasteiger partial charge < -0.3 is 4.52 Å². The summed E-state index contributed by atoms with van der Waals surface area (Å²) in [5, 5.41) is 10.1. The number of aromatic nitrogens is 5. The van der Waals surface area contributed by atoms with Crippen molar-refractivity contribution in [3.63, 3.8) is 0 Å². The van der Waals surface area contributed by atoms with Crippen molar-refractivity contribution in [2.24, 2.45) is 0 Å². The van der Waals surface area contributed by atoms with Gasteiger partial charge in [0.05, 0.1) is 10.6 Å². The molecular formula is C10H5ClFN5O. The van der Waals surface area contributed by atoms with E-state index in [9.17, 15) is 4.39 Å². The molecule has 3 rings (SSSR count). The van der Waals surface area contributed by atoms with E-state index < -0.39 is 5.82 Å². The number of aromatic amines is 1. The molecule has 0 amide bonds. The number of hydrogen-bond acceptors (Lipinski definition) is 5. The Hall–Kier alpha value is -2.28. The lowest BCUT2D eigenvalue weighted by molar-refractivity contribution is 0.429. The number of rotatable bonds is 2. The summed E-state index contributed by atoms with van der Waals surface area (Å²) in [6, 6.07) is 4.30. The third-order valence-corrected chi connectivity index (χ3v) is 2.54. The second-order valence-corrected chi connectivity index (χ2v) is 3.76. The predicted octanol–water partition coefficient (Wildman–Crippen LogP) is 2.31. The fraction of sp³-hybridized carbons (Fsp3) is 0. The summed E-state index contributed by atoms with van der Waals surface area (Å²) in [7, 11) is 0. The van der Waals surface area contributed by atoms with Gasteiger partial charge in [-0.25, -0.2) is 9.37 Å². The molecule has 8 heteroatoms. The second kappa shape index (κ2) is 4.19. The maximum absolute atomic E-state index is 13.6. The molecule has 0 saturated carbocycles. The minimum atomic E-state index is -0.532. The van der Waals surface area contributed by atoms with E-state index in [-0.39, 0.29) is 22.3 Å². The van der Waals surface area contributed by atoms with E-state index in [1.54, 1.807) is 0 Å². The molecule has 90 valence electrons. The lowest BCUT2D eigenvalue weighted by Gasteiger charge is -1.98. The average Bonchev–Trinajstić information content (AvgIpc) is 2.99. The van der Waals surface area contributed by atoms with E-state index in [4.69, 9.17) is 16.1 Å². The van der Waals surface area contributed by atoms with Crippen LogP contribution in [0.1, 0.15) is 0 Å². The molecule has 3 aromatic rings. The van der Waals surface area contributed by atoms with E-state index in [1.165, 1.54) is 24.5 Å². The van der Waals surface area contributed by atoms with Gasteiger partial charge in [0.2, 0.25) is 5.82 Å². The number of nitrogens with zero attached hydrogens (tertiary/aromatic N) is 4. The van der Waals surface area contributed by atoms with Crippen LogP contribution in [0.15, 0.2) is 29.0 Å². The molecule has 0 aliphatic rings. The summed E-state index contributed by atoms with van der Waals surface area (Å²) >= 11 is 5.89. The van der Waals surface area contributed by atoms with Crippen LogP contribution < -0.4 is 0 Å². The Morgan fingerprint density at radius 1 is 1.33 bits per heavy atom. The molecule has 2 heterocycles. The first kappa shape index (κ1) is 10.8. The molecule has 0 saturated heterocycles. The standard InChI is InChI=1S/C10H5ClFN5O/c11-5-2-1-3-6(12)7(5)10-15-9(17-18-10)8-13-4-14-16-8/h1-4H,(H,13,14,16). The summed E-state index contributed by atoms with van der Waals surface area (Å²) in [4.78, 5) is 7.87. The van der Waals surface area contributed by atoms with Crippen molar-refractivity contribution in [3.05, 3.63) is 35.4 Å². The normalized spacial score (nSPS) is 10.8. The second-order valence-electron chi connectivity index (χ2n) is 3.35. The minimum Gasteiger partial charge on any atom is -0.333 e. The van der Waals surface area contributed by atoms with Crippen molar-refractivity contribution in [2.75, 3.05) is 0 Å². The van der Waals surface area contributed by atoms with Gasteiger partial charge in [-0.05, 0) is 12.1 Å². The zero-order chi connectivity index (χ0) is 12.5. The molecule has 0 fully saturated rings. The van der Waals surface area contributed by atoms with Crippen molar-refractivity contribution in [1.82, 2.24) is 25.3 Å².